The van der Waals surface area contributed by atoms with Crippen LogP contribution >= 0.6 is 11.3 Å². The molecule has 1 N–H and O–H groups in total. The molecule has 0 saturated carbocycles. The number of rotatable bonds is 6. The van der Waals surface area contributed by atoms with Crippen LogP contribution in [0, 0.1) is 6.92 Å². The number of anilines is 1. The molecule has 1 aromatic heterocycles. The van der Waals surface area contributed by atoms with Gasteiger partial charge in [-0.3, -0.25) is 4.79 Å². The molecule has 9 heteroatoms. The summed E-state index contributed by atoms with van der Waals surface area (Å²) in [5.41, 5.74) is 1.50. The number of hydrogen-bond acceptors (Lipinski definition) is 6. The number of carbonyl (C=O) groups is 1. The average Bonchev–Trinajstić information content (AvgIpc) is 2.98. The van der Waals surface area contributed by atoms with Crippen molar-refractivity contribution in [1.29, 1.82) is 0 Å². The molecule has 7 nitrogen and oxygen atoms in total. The summed E-state index contributed by atoms with van der Waals surface area (Å²) in [6.45, 7) is 8.50. The molecule has 1 saturated heterocycles. The fraction of sp³-hybridized carbons (Fsp3) is 0.368. The topological polar surface area (TPSA) is 82.6 Å². The van der Waals surface area contributed by atoms with E-state index in [1.165, 1.54) is 18.2 Å². The number of aryl methyl sites for hydroxylation is 1. The maximum atomic E-state index is 12.8. The van der Waals surface area contributed by atoms with E-state index in [-0.39, 0.29) is 17.3 Å². The van der Waals surface area contributed by atoms with Gasteiger partial charge in [0.2, 0.25) is 10.0 Å². The van der Waals surface area contributed by atoms with Gasteiger partial charge in [0.15, 0.2) is 5.13 Å². The highest BCUT2D eigenvalue weighted by Gasteiger charge is 2.22. The molecule has 1 aliphatic heterocycles. The Bertz CT molecular complexity index is 938. The molecule has 1 fully saturated rings. The van der Waals surface area contributed by atoms with Crippen molar-refractivity contribution in [3.63, 3.8) is 0 Å². The van der Waals surface area contributed by atoms with Gasteiger partial charge in [-0.05, 0) is 37.6 Å². The van der Waals surface area contributed by atoms with Crippen molar-refractivity contribution in [3.8, 4) is 0 Å². The highest BCUT2D eigenvalue weighted by atomic mass is 32.2. The van der Waals surface area contributed by atoms with Crippen molar-refractivity contribution >= 4 is 32.4 Å². The van der Waals surface area contributed by atoms with Crippen molar-refractivity contribution in [2.75, 3.05) is 37.6 Å². The van der Waals surface area contributed by atoms with E-state index >= 15 is 0 Å². The molecule has 28 heavy (non-hydrogen) atoms. The van der Waals surface area contributed by atoms with E-state index in [0.29, 0.717) is 18.7 Å². The third-order valence-electron chi connectivity index (χ3n) is 4.49. The van der Waals surface area contributed by atoms with Gasteiger partial charge in [0.25, 0.3) is 5.91 Å². The van der Waals surface area contributed by atoms with Crippen molar-refractivity contribution in [1.82, 2.24) is 14.6 Å². The van der Waals surface area contributed by atoms with Crippen molar-refractivity contribution in [2.24, 2.45) is 0 Å². The van der Waals surface area contributed by atoms with Gasteiger partial charge in [0, 0.05) is 43.7 Å². The summed E-state index contributed by atoms with van der Waals surface area (Å²) in [4.78, 5) is 21.5. The first kappa shape index (κ1) is 20.5. The number of hydrogen-bond donors (Lipinski definition) is 1. The molecule has 0 atom stereocenters. The Morgan fingerprint density at radius 3 is 2.64 bits per heavy atom. The summed E-state index contributed by atoms with van der Waals surface area (Å²) in [5, 5.41) is 3.02. The maximum absolute atomic E-state index is 12.8. The largest absolute Gasteiger partial charge is 0.346 e. The second kappa shape index (κ2) is 8.85. The van der Waals surface area contributed by atoms with Crippen LogP contribution in [0.2, 0.25) is 0 Å². The van der Waals surface area contributed by atoms with Crippen LogP contribution in [0.25, 0.3) is 0 Å². The molecule has 0 bridgehead atoms. The fourth-order valence-electron chi connectivity index (χ4n) is 3.01. The zero-order valence-corrected chi connectivity index (χ0v) is 17.4. The number of nitrogens with zero attached hydrogens (tertiary/aromatic N) is 3. The van der Waals surface area contributed by atoms with Crippen LogP contribution in [0.15, 0.2) is 47.2 Å². The molecule has 1 aliphatic rings. The second-order valence-electron chi connectivity index (χ2n) is 6.57. The van der Waals surface area contributed by atoms with Gasteiger partial charge in [0.05, 0.1) is 10.6 Å². The number of amides is 1. The molecule has 1 amide bonds. The fourth-order valence-corrected chi connectivity index (χ4v) is 4.87. The van der Waals surface area contributed by atoms with Gasteiger partial charge in [0.1, 0.15) is 0 Å². The second-order valence-corrected chi connectivity index (χ2v) is 9.17. The van der Waals surface area contributed by atoms with Crippen LogP contribution in [-0.2, 0) is 10.0 Å². The van der Waals surface area contributed by atoms with E-state index < -0.39 is 10.0 Å². The molecule has 150 valence electrons. The first-order valence-electron chi connectivity index (χ1n) is 9.07. The van der Waals surface area contributed by atoms with Gasteiger partial charge < -0.3 is 9.80 Å². The Kier molecular flexibility index (Phi) is 6.48. The summed E-state index contributed by atoms with van der Waals surface area (Å²) >= 11 is 1.62. The van der Waals surface area contributed by atoms with Gasteiger partial charge in [-0.15, -0.1) is 17.9 Å². The minimum absolute atomic E-state index is 0.0832. The Morgan fingerprint density at radius 1 is 1.25 bits per heavy atom. The number of aromatic nitrogens is 1. The third-order valence-corrected chi connectivity index (χ3v) is 6.95. The minimum Gasteiger partial charge on any atom is -0.346 e. The van der Waals surface area contributed by atoms with E-state index in [4.69, 9.17) is 0 Å². The van der Waals surface area contributed by atoms with Crippen LogP contribution in [-0.4, -0.2) is 56.9 Å². The lowest BCUT2D eigenvalue weighted by Gasteiger charge is -2.22. The zero-order chi connectivity index (χ0) is 20.1. The van der Waals surface area contributed by atoms with Crippen LogP contribution in [0.3, 0.4) is 0 Å². The number of sulfonamides is 1. The summed E-state index contributed by atoms with van der Waals surface area (Å²) in [6.07, 6.45) is 2.34. The van der Waals surface area contributed by atoms with E-state index in [9.17, 15) is 13.2 Å². The van der Waals surface area contributed by atoms with Gasteiger partial charge >= 0.3 is 0 Å². The van der Waals surface area contributed by atoms with Crippen molar-refractivity contribution in [2.45, 2.75) is 18.2 Å². The number of nitrogens with one attached hydrogen (secondary N) is 1. The molecular weight excluding hydrogens is 396 g/mol. The van der Waals surface area contributed by atoms with Crippen LogP contribution < -0.4 is 9.62 Å². The van der Waals surface area contributed by atoms with Gasteiger partial charge in [-0.25, -0.2) is 18.1 Å². The highest BCUT2D eigenvalue weighted by molar-refractivity contribution is 7.89. The third kappa shape index (κ3) is 4.78. The molecule has 1 aromatic carbocycles. The molecule has 0 unspecified atom stereocenters. The summed E-state index contributed by atoms with van der Waals surface area (Å²) in [7, 11) is -3.59. The summed E-state index contributed by atoms with van der Waals surface area (Å²) in [6, 6.07) is 6.05. The Morgan fingerprint density at radius 2 is 2.00 bits per heavy atom. The minimum atomic E-state index is -3.59. The van der Waals surface area contributed by atoms with E-state index in [1.54, 1.807) is 23.5 Å². The molecule has 2 aromatic rings. The zero-order valence-electron chi connectivity index (χ0n) is 15.8. The average molecular weight is 421 g/mol. The first-order chi connectivity index (χ1) is 13.4. The number of carbonyl (C=O) groups excluding carboxylic acids is 1. The molecule has 3 rings (SSSR count). The SMILES string of the molecule is C=CCNS(=O)(=O)c1ccc(C(=O)N2CCCN(c3nc(C)cs3)CC2)cc1. The predicted octanol–water partition coefficient (Wildman–Crippen LogP) is 2.27. The van der Waals surface area contributed by atoms with E-state index in [0.717, 1.165) is 30.3 Å². The lowest BCUT2D eigenvalue weighted by atomic mass is 10.2. The summed E-state index contributed by atoms with van der Waals surface area (Å²) < 4.78 is 26.7. The lowest BCUT2D eigenvalue weighted by Crippen LogP contribution is -2.35. The maximum Gasteiger partial charge on any atom is 0.253 e. The smallest absolute Gasteiger partial charge is 0.253 e. The summed E-state index contributed by atoms with van der Waals surface area (Å²) in [5.74, 6) is -0.0832. The van der Waals surface area contributed by atoms with Crippen molar-refractivity contribution in [3.05, 3.63) is 53.6 Å². The van der Waals surface area contributed by atoms with E-state index in [2.05, 4.69) is 21.2 Å². The van der Waals surface area contributed by atoms with Gasteiger partial charge in [-0.1, -0.05) is 6.08 Å². The number of benzene rings is 1. The van der Waals surface area contributed by atoms with E-state index in [1.807, 2.05) is 17.2 Å². The predicted molar refractivity (Wildman–Crippen MR) is 111 cm³/mol. The molecule has 0 aliphatic carbocycles. The molecule has 0 radical (unpaired) electrons. The Balaban J connectivity index is 1.66. The quantitative estimate of drug-likeness (QED) is 0.725. The molecule has 2 heterocycles. The Hall–Kier alpha value is -2.23. The monoisotopic (exact) mass is 420 g/mol. The van der Waals surface area contributed by atoms with Crippen LogP contribution in [0.5, 0.6) is 0 Å². The Labute approximate surface area is 169 Å². The highest BCUT2D eigenvalue weighted by Crippen LogP contribution is 2.22. The normalized spacial score (nSPS) is 15.3. The van der Waals surface area contributed by atoms with Gasteiger partial charge in [-0.2, -0.15) is 0 Å². The lowest BCUT2D eigenvalue weighted by molar-refractivity contribution is 0.0767. The first-order valence-corrected chi connectivity index (χ1v) is 11.4. The standard InChI is InChI=1S/C19H24N4O3S2/c1-3-9-20-28(25,26)17-7-5-16(6-8-17)18(24)22-10-4-11-23(13-12-22)19-21-15(2)14-27-19/h3,5-8,14,20H,1,4,9-13H2,2H3. The van der Waals surface area contributed by atoms with Crippen LogP contribution in [0.1, 0.15) is 22.5 Å². The van der Waals surface area contributed by atoms with Crippen LogP contribution in [0.4, 0.5) is 5.13 Å². The number of thiazole rings is 1. The van der Waals surface area contributed by atoms with Crippen molar-refractivity contribution < 1.29 is 13.2 Å². The molecular formula is C19H24N4O3S2. The molecule has 0 spiro atoms.